The summed E-state index contributed by atoms with van der Waals surface area (Å²) in [4.78, 5) is 12.0. The van der Waals surface area contributed by atoms with E-state index in [-0.39, 0.29) is 11.3 Å². The van der Waals surface area contributed by atoms with Crippen LogP contribution in [-0.4, -0.2) is 19.1 Å². The lowest BCUT2D eigenvalue weighted by Crippen LogP contribution is -2.28. The Morgan fingerprint density at radius 1 is 1.13 bits per heavy atom. The van der Waals surface area contributed by atoms with Gasteiger partial charge in [0.2, 0.25) is 0 Å². The number of halogens is 1. The first-order valence-electron chi connectivity index (χ1n) is 7.64. The number of hydrogen-bond donors (Lipinski definition) is 1. The topological polar surface area (TPSA) is 38.3 Å². The number of benzene rings is 2. The number of carbonyl (C=O) groups is 1. The summed E-state index contributed by atoms with van der Waals surface area (Å²) >= 11 is 6.00. The molecule has 1 amide bonds. The smallest absolute Gasteiger partial charge is 0.252 e. The number of hydrogen-bond acceptors (Lipinski definition) is 2. The van der Waals surface area contributed by atoms with Crippen molar-refractivity contribution < 1.29 is 9.53 Å². The molecule has 2 rings (SSSR count). The Labute approximate surface area is 142 Å². The van der Waals surface area contributed by atoms with Crippen LogP contribution in [0, 0.1) is 0 Å². The molecule has 0 unspecified atom stereocenters. The van der Waals surface area contributed by atoms with Crippen molar-refractivity contribution in [1.29, 1.82) is 0 Å². The molecule has 3 nitrogen and oxygen atoms in total. The highest BCUT2D eigenvalue weighted by Crippen LogP contribution is 2.25. The molecule has 2 aromatic carbocycles. The first-order chi connectivity index (χ1) is 10.9. The van der Waals surface area contributed by atoms with E-state index in [0.29, 0.717) is 23.7 Å². The number of nitrogens with one attached hydrogen (secondary N) is 1. The third-order valence-electron chi connectivity index (χ3n) is 3.47. The second kappa shape index (κ2) is 7.51. The highest BCUT2D eigenvalue weighted by atomic mass is 35.5. The zero-order valence-electron chi connectivity index (χ0n) is 13.7. The molecule has 0 fully saturated rings. The van der Waals surface area contributed by atoms with Crippen molar-refractivity contribution in [1.82, 2.24) is 5.32 Å². The second-order valence-electron chi connectivity index (χ2n) is 6.36. The maximum Gasteiger partial charge on any atom is 0.252 e. The molecule has 122 valence electrons. The molecule has 4 heteroatoms. The minimum atomic E-state index is -0.192. The highest BCUT2D eigenvalue weighted by Gasteiger charge is 2.14. The lowest BCUT2D eigenvalue weighted by atomic mass is 9.87. The predicted molar refractivity (Wildman–Crippen MR) is 94.4 cm³/mol. The van der Waals surface area contributed by atoms with Gasteiger partial charge < -0.3 is 10.1 Å². The molecule has 0 aromatic heterocycles. The molecule has 0 saturated heterocycles. The van der Waals surface area contributed by atoms with E-state index in [1.807, 2.05) is 18.2 Å². The first-order valence-corrected chi connectivity index (χ1v) is 8.02. The van der Waals surface area contributed by atoms with Crippen molar-refractivity contribution >= 4 is 17.5 Å². The zero-order chi connectivity index (χ0) is 16.9. The molecule has 0 radical (unpaired) electrons. The monoisotopic (exact) mass is 331 g/mol. The summed E-state index contributed by atoms with van der Waals surface area (Å²) < 4.78 is 5.71. The first kappa shape index (κ1) is 17.4. The normalized spacial score (nSPS) is 11.1. The largest absolute Gasteiger partial charge is 0.492 e. The fraction of sp³-hybridized carbons (Fsp3) is 0.316. The molecule has 0 aliphatic heterocycles. The molecular formula is C19H22ClNO2. The van der Waals surface area contributed by atoms with Gasteiger partial charge in [0.05, 0.1) is 17.1 Å². The van der Waals surface area contributed by atoms with Gasteiger partial charge in [-0.05, 0) is 35.2 Å². The van der Waals surface area contributed by atoms with Gasteiger partial charge >= 0.3 is 0 Å². The minimum absolute atomic E-state index is 0.0810. The van der Waals surface area contributed by atoms with E-state index in [4.69, 9.17) is 16.3 Å². The van der Waals surface area contributed by atoms with Crippen molar-refractivity contribution in [2.75, 3.05) is 13.2 Å². The third-order valence-corrected chi connectivity index (χ3v) is 3.80. The van der Waals surface area contributed by atoms with E-state index in [2.05, 4.69) is 32.2 Å². The Bertz CT molecular complexity index is 677. The maximum absolute atomic E-state index is 12.0. The van der Waals surface area contributed by atoms with Crippen LogP contribution in [0.2, 0.25) is 5.02 Å². The standard InChI is InChI=1S/C19H22ClNO2/c1-19(2,3)14-7-6-8-15(13-14)23-12-11-21-18(22)16-9-4-5-10-17(16)20/h4-10,13H,11-12H2,1-3H3,(H,21,22). The Morgan fingerprint density at radius 2 is 1.87 bits per heavy atom. The summed E-state index contributed by atoms with van der Waals surface area (Å²) in [6.07, 6.45) is 0. The van der Waals surface area contributed by atoms with Crippen LogP contribution in [0.15, 0.2) is 48.5 Å². The van der Waals surface area contributed by atoms with E-state index in [9.17, 15) is 4.79 Å². The third kappa shape index (κ3) is 5.00. The van der Waals surface area contributed by atoms with E-state index >= 15 is 0 Å². The molecule has 1 N–H and O–H groups in total. The number of rotatable bonds is 5. The quantitative estimate of drug-likeness (QED) is 0.822. The van der Waals surface area contributed by atoms with Crippen LogP contribution in [0.3, 0.4) is 0 Å². The van der Waals surface area contributed by atoms with Gasteiger partial charge in [0, 0.05) is 0 Å². The minimum Gasteiger partial charge on any atom is -0.492 e. The second-order valence-corrected chi connectivity index (χ2v) is 6.77. The van der Waals surface area contributed by atoms with E-state index in [0.717, 1.165) is 5.75 Å². The van der Waals surface area contributed by atoms with Gasteiger partial charge in [-0.3, -0.25) is 4.79 Å². The molecule has 0 heterocycles. The fourth-order valence-corrected chi connectivity index (χ4v) is 2.35. The van der Waals surface area contributed by atoms with Gasteiger partial charge in [-0.15, -0.1) is 0 Å². The Kier molecular flexibility index (Phi) is 5.67. The van der Waals surface area contributed by atoms with Crippen molar-refractivity contribution in [2.24, 2.45) is 0 Å². The Morgan fingerprint density at radius 3 is 2.57 bits per heavy atom. The van der Waals surface area contributed by atoms with Crippen LogP contribution in [-0.2, 0) is 5.41 Å². The van der Waals surface area contributed by atoms with Crippen LogP contribution in [0.25, 0.3) is 0 Å². The maximum atomic E-state index is 12.0. The van der Waals surface area contributed by atoms with Gasteiger partial charge in [-0.25, -0.2) is 0 Å². The summed E-state index contributed by atoms with van der Waals surface area (Å²) in [6, 6.07) is 15.0. The summed E-state index contributed by atoms with van der Waals surface area (Å²) in [6.45, 7) is 7.31. The fourth-order valence-electron chi connectivity index (χ4n) is 2.13. The van der Waals surface area contributed by atoms with Gasteiger partial charge in [0.25, 0.3) is 5.91 Å². The van der Waals surface area contributed by atoms with Crippen molar-refractivity contribution in [3.63, 3.8) is 0 Å². The molecule has 23 heavy (non-hydrogen) atoms. The van der Waals surface area contributed by atoms with E-state index in [1.54, 1.807) is 24.3 Å². The van der Waals surface area contributed by atoms with Crippen LogP contribution in [0.4, 0.5) is 0 Å². The van der Waals surface area contributed by atoms with E-state index < -0.39 is 0 Å². The molecule has 0 aliphatic carbocycles. The predicted octanol–water partition coefficient (Wildman–Crippen LogP) is 4.45. The van der Waals surface area contributed by atoms with Gasteiger partial charge in [-0.1, -0.05) is 56.6 Å². The summed E-state index contributed by atoms with van der Waals surface area (Å²) in [7, 11) is 0. The Hall–Kier alpha value is -2.00. The number of carbonyl (C=O) groups excluding carboxylic acids is 1. The summed E-state index contributed by atoms with van der Waals surface area (Å²) in [5.41, 5.74) is 1.77. The average molecular weight is 332 g/mol. The van der Waals surface area contributed by atoms with Crippen LogP contribution < -0.4 is 10.1 Å². The summed E-state index contributed by atoms with van der Waals surface area (Å²) in [5, 5.41) is 3.25. The molecule has 0 aliphatic rings. The molecular weight excluding hydrogens is 310 g/mol. The summed E-state index contributed by atoms with van der Waals surface area (Å²) in [5.74, 6) is 0.618. The van der Waals surface area contributed by atoms with Crippen molar-refractivity contribution in [3.05, 3.63) is 64.7 Å². The molecule has 0 spiro atoms. The zero-order valence-corrected chi connectivity index (χ0v) is 14.5. The van der Waals surface area contributed by atoms with Crippen LogP contribution in [0.5, 0.6) is 5.75 Å². The lowest BCUT2D eigenvalue weighted by molar-refractivity contribution is 0.0947. The van der Waals surface area contributed by atoms with Gasteiger partial charge in [0.1, 0.15) is 12.4 Å². The Balaban J connectivity index is 1.84. The molecule has 2 aromatic rings. The van der Waals surface area contributed by atoms with Gasteiger partial charge in [0.15, 0.2) is 0 Å². The SMILES string of the molecule is CC(C)(C)c1cccc(OCCNC(=O)c2ccccc2Cl)c1. The molecule has 0 bridgehead atoms. The number of ether oxygens (including phenoxy) is 1. The van der Waals surface area contributed by atoms with Crippen molar-refractivity contribution in [2.45, 2.75) is 26.2 Å². The highest BCUT2D eigenvalue weighted by molar-refractivity contribution is 6.33. The van der Waals surface area contributed by atoms with E-state index in [1.165, 1.54) is 5.56 Å². The lowest BCUT2D eigenvalue weighted by Gasteiger charge is -2.19. The van der Waals surface area contributed by atoms with Crippen LogP contribution in [0.1, 0.15) is 36.7 Å². The van der Waals surface area contributed by atoms with Crippen LogP contribution >= 0.6 is 11.6 Å². The average Bonchev–Trinajstić information content (AvgIpc) is 2.51. The van der Waals surface area contributed by atoms with Gasteiger partial charge in [-0.2, -0.15) is 0 Å². The number of amides is 1. The van der Waals surface area contributed by atoms with Crippen molar-refractivity contribution in [3.8, 4) is 5.75 Å². The molecule has 0 saturated carbocycles. The molecule has 0 atom stereocenters.